The summed E-state index contributed by atoms with van der Waals surface area (Å²) >= 11 is 6.02. The molecule has 0 spiro atoms. The first-order valence-electron chi connectivity index (χ1n) is 10.7. The van der Waals surface area contributed by atoms with Crippen LogP contribution < -0.4 is 0 Å². The third kappa shape index (κ3) is 6.25. The van der Waals surface area contributed by atoms with Crippen LogP contribution in [-0.4, -0.2) is 48.4 Å². The van der Waals surface area contributed by atoms with Crippen LogP contribution in [0.15, 0.2) is 42.5 Å². The van der Waals surface area contributed by atoms with E-state index in [0.29, 0.717) is 24.7 Å². The number of carbonyl (C=O) groups excluding carboxylic acids is 1. The molecule has 0 aliphatic carbocycles. The van der Waals surface area contributed by atoms with Crippen molar-refractivity contribution in [2.45, 2.75) is 33.0 Å². The molecule has 3 rings (SSSR count). The molecule has 1 aliphatic rings. The van der Waals surface area contributed by atoms with Gasteiger partial charge in [-0.1, -0.05) is 43.6 Å². The van der Waals surface area contributed by atoms with E-state index in [1.807, 2.05) is 30.9 Å². The van der Waals surface area contributed by atoms with Gasteiger partial charge in [-0.2, -0.15) is 0 Å². The topological polar surface area (TPSA) is 32.8 Å². The van der Waals surface area contributed by atoms with E-state index in [0.717, 1.165) is 25.1 Å². The Kier molecular flexibility index (Phi) is 8.41. The van der Waals surface area contributed by atoms with Gasteiger partial charge in [0.25, 0.3) is 0 Å². The summed E-state index contributed by atoms with van der Waals surface area (Å²) in [4.78, 5) is 16.6. The molecule has 1 fully saturated rings. The Morgan fingerprint density at radius 2 is 1.68 bits per heavy atom. The summed E-state index contributed by atoms with van der Waals surface area (Å²) in [7, 11) is 0. The van der Waals surface area contributed by atoms with Gasteiger partial charge in [0.2, 0.25) is 5.91 Å². The van der Waals surface area contributed by atoms with Crippen molar-refractivity contribution in [1.82, 2.24) is 9.80 Å². The molecule has 0 bridgehead atoms. The van der Waals surface area contributed by atoms with E-state index in [1.165, 1.54) is 18.2 Å². The van der Waals surface area contributed by atoms with E-state index < -0.39 is 11.6 Å². The third-order valence-corrected chi connectivity index (χ3v) is 6.13. The summed E-state index contributed by atoms with van der Waals surface area (Å²) in [6.45, 7) is 7.15. The lowest BCUT2D eigenvalue weighted by Gasteiger charge is -2.37. The van der Waals surface area contributed by atoms with E-state index in [4.69, 9.17) is 16.3 Å². The Morgan fingerprint density at radius 3 is 2.26 bits per heavy atom. The molecule has 2 atom stereocenters. The molecule has 0 radical (unpaired) electrons. The number of hydrogen-bond donors (Lipinski definition) is 0. The molecule has 0 N–H and O–H groups in total. The summed E-state index contributed by atoms with van der Waals surface area (Å²) in [5.41, 5.74) is 0.810. The van der Waals surface area contributed by atoms with Gasteiger partial charge in [-0.15, -0.1) is 0 Å². The van der Waals surface area contributed by atoms with Crippen LogP contribution in [0.5, 0.6) is 0 Å². The number of amides is 1. The molecule has 0 unspecified atom stereocenters. The number of ether oxygens (including phenoxy) is 1. The second-order valence-electron chi connectivity index (χ2n) is 7.99. The zero-order valence-corrected chi connectivity index (χ0v) is 18.7. The van der Waals surface area contributed by atoms with Gasteiger partial charge in [0, 0.05) is 49.2 Å². The fourth-order valence-electron chi connectivity index (χ4n) is 3.66. The van der Waals surface area contributed by atoms with Crippen molar-refractivity contribution >= 4 is 17.5 Å². The minimum Gasteiger partial charge on any atom is -0.367 e. The standard InChI is InChI=1S/C24H29ClF2N2O2/c1-3-17(2)24(30)29-13-11-28(12-14-29)15-23(18-7-9-19(25)10-8-18)31-16-20-21(26)5-4-6-22(20)27/h4-10,17,23H,3,11-16H2,1-2H3/t17-,23-/m1/s1. The monoisotopic (exact) mass is 450 g/mol. The molecule has 1 aliphatic heterocycles. The maximum Gasteiger partial charge on any atom is 0.225 e. The number of hydrogen-bond acceptors (Lipinski definition) is 3. The highest BCUT2D eigenvalue weighted by molar-refractivity contribution is 6.30. The van der Waals surface area contributed by atoms with Gasteiger partial charge in [0.05, 0.1) is 12.7 Å². The summed E-state index contributed by atoms with van der Waals surface area (Å²) in [5.74, 6) is -1.01. The van der Waals surface area contributed by atoms with Crippen LogP contribution in [0.4, 0.5) is 8.78 Å². The fraction of sp³-hybridized carbons (Fsp3) is 0.458. The smallest absolute Gasteiger partial charge is 0.225 e. The van der Waals surface area contributed by atoms with E-state index in [2.05, 4.69) is 4.90 Å². The van der Waals surface area contributed by atoms with Crippen LogP contribution in [0.3, 0.4) is 0 Å². The Morgan fingerprint density at radius 1 is 1.06 bits per heavy atom. The van der Waals surface area contributed by atoms with Gasteiger partial charge < -0.3 is 9.64 Å². The highest BCUT2D eigenvalue weighted by Gasteiger charge is 2.26. The van der Waals surface area contributed by atoms with Crippen molar-refractivity contribution in [3.05, 3.63) is 70.2 Å². The lowest BCUT2D eigenvalue weighted by molar-refractivity contribution is -0.137. The predicted octanol–water partition coefficient (Wildman–Crippen LogP) is 5.07. The maximum atomic E-state index is 14.0. The summed E-state index contributed by atoms with van der Waals surface area (Å²) in [5, 5.41) is 0.611. The van der Waals surface area contributed by atoms with Crippen molar-refractivity contribution in [2.75, 3.05) is 32.7 Å². The Labute approximate surface area is 187 Å². The molecular formula is C24H29ClF2N2O2. The summed E-state index contributed by atoms with van der Waals surface area (Å²) in [6, 6.07) is 11.1. The van der Waals surface area contributed by atoms with Crippen LogP contribution in [-0.2, 0) is 16.1 Å². The van der Waals surface area contributed by atoms with Gasteiger partial charge in [0.15, 0.2) is 0 Å². The van der Waals surface area contributed by atoms with E-state index in [-0.39, 0.29) is 30.1 Å². The summed E-state index contributed by atoms with van der Waals surface area (Å²) < 4.78 is 34.1. The third-order valence-electron chi connectivity index (χ3n) is 5.87. The van der Waals surface area contributed by atoms with Crippen LogP contribution in [0.25, 0.3) is 0 Å². The van der Waals surface area contributed by atoms with E-state index in [1.54, 1.807) is 12.1 Å². The number of rotatable bonds is 8. The van der Waals surface area contributed by atoms with Crippen molar-refractivity contribution in [3.8, 4) is 0 Å². The quantitative estimate of drug-likeness (QED) is 0.563. The van der Waals surface area contributed by atoms with E-state index >= 15 is 0 Å². The molecule has 1 saturated heterocycles. The first-order chi connectivity index (χ1) is 14.9. The highest BCUT2D eigenvalue weighted by Crippen LogP contribution is 2.25. The number of nitrogens with zero attached hydrogens (tertiary/aromatic N) is 2. The van der Waals surface area contributed by atoms with Crippen LogP contribution >= 0.6 is 11.6 Å². The normalized spacial score (nSPS) is 16.9. The second-order valence-corrected chi connectivity index (χ2v) is 8.42. The number of benzene rings is 2. The van der Waals surface area contributed by atoms with Crippen molar-refractivity contribution in [3.63, 3.8) is 0 Å². The van der Waals surface area contributed by atoms with Gasteiger partial charge in [-0.3, -0.25) is 9.69 Å². The maximum absolute atomic E-state index is 14.0. The lowest BCUT2D eigenvalue weighted by Crippen LogP contribution is -2.50. The highest BCUT2D eigenvalue weighted by atomic mass is 35.5. The first-order valence-corrected chi connectivity index (χ1v) is 11.1. The Bertz CT molecular complexity index is 850. The molecule has 2 aromatic carbocycles. The molecule has 0 aromatic heterocycles. The SMILES string of the molecule is CC[C@@H](C)C(=O)N1CCN(C[C@@H](OCc2c(F)cccc2F)c2ccc(Cl)cc2)CC1. The lowest BCUT2D eigenvalue weighted by atomic mass is 10.1. The van der Waals surface area contributed by atoms with Crippen LogP contribution in [0.2, 0.25) is 5.02 Å². The molecule has 2 aromatic rings. The fourth-order valence-corrected chi connectivity index (χ4v) is 3.78. The van der Waals surface area contributed by atoms with Crippen LogP contribution in [0, 0.1) is 17.6 Å². The minimum absolute atomic E-state index is 0.0346. The zero-order chi connectivity index (χ0) is 22.4. The molecule has 31 heavy (non-hydrogen) atoms. The molecule has 1 heterocycles. The largest absolute Gasteiger partial charge is 0.367 e. The van der Waals surface area contributed by atoms with Crippen molar-refractivity contribution in [2.24, 2.45) is 5.92 Å². The zero-order valence-electron chi connectivity index (χ0n) is 18.0. The predicted molar refractivity (Wildman–Crippen MR) is 118 cm³/mol. The molecule has 0 saturated carbocycles. The van der Waals surface area contributed by atoms with Gasteiger partial charge in [0.1, 0.15) is 11.6 Å². The molecule has 7 heteroatoms. The molecular weight excluding hydrogens is 422 g/mol. The Balaban J connectivity index is 1.66. The minimum atomic E-state index is -0.618. The average Bonchev–Trinajstić information content (AvgIpc) is 2.78. The average molecular weight is 451 g/mol. The first kappa shape index (κ1) is 23.6. The Hall–Kier alpha value is -2.02. The number of carbonyl (C=O) groups is 1. The van der Waals surface area contributed by atoms with E-state index in [9.17, 15) is 13.6 Å². The van der Waals surface area contributed by atoms with Gasteiger partial charge in [-0.05, 0) is 36.2 Å². The second kappa shape index (κ2) is 11.0. The van der Waals surface area contributed by atoms with Gasteiger partial charge in [-0.25, -0.2) is 8.78 Å². The molecule has 1 amide bonds. The summed E-state index contributed by atoms with van der Waals surface area (Å²) in [6.07, 6.45) is 0.450. The van der Waals surface area contributed by atoms with Crippen molar-refractivity contribution < 1.29 is 18.3 Å². The van der Waals surface area contributed by atoms with Crippen LogP contribution in [0.1, 0.15) is 37.5 Å². The molecule has 4 nitrogen and oxygen atoms in total. The number of halogens is 3. The number of piperazine rings is 1. The molecule has 168 valence electrons. The van der Waals surface area contributed by atoms with Gasteiger partial charge >= 0.3 is 0 Å². The van der Waals surface area contributed by atoms with Crippen molar-refractivity contribution in [1.29, 1.82) is 0 Å².